The molecule has 1 fully saturated rings. The third-order valence-electron chi connectivity index (χ3n) is 5.36. The number of rotatable bonds is 6. The van der Waals surface area contributed by atoms with Crippen LogP contribution in [0.15, 0.2) is 24.3 Å². The van der Waals surface area contributed by atoms with Gasteiger partial charge >= 0.3 is 0 Å². The van der Waals surface area contributed by atoms with Gasteiger partial charge < -0.3 is 10.1 Å². The Bertz CT molecular complexity index is 1090. The van der Waals surface area contributed by atoms with Crippen molar-refractivity contribution in [2.24, 2.45) is 0 Å². The molecule has 5 nitrogen and oxygen atoms in total. The summed E-state index contributed by atoms with van der Waals surface area (Å²) in [5.74, 6) is 0.219. The van der Waals surface area contributed by atoms with Crippen molar-refractivity contribution in [3.8, 4) is 0 Å². The van der Waals surface area contributed by atoms with Gasteiger partial charge in [0.05, 0.1) is 12.1 Å². The van der Waals surface area contributed by atoms with E-state index in [0.717, 1.165) is 31.7 Å². The fraction of sp³-hybridized carbons (Fsp3) is 0.400. The third kappa shape index (κ3) is 4.98. The van der Waals surface area contributed by atoms with Gasteiger partial charge in [0, 0.05) is 25.0 Å². The van der Waals surface area contributed by atoms with Crippen molar-refractivity contribution in [1.82, 2.24) is 14.3 Å². The summed E-state index contributed by atoms with van der Waals surface area (Å²) >= 11 is 8.30. The predicted octanol–water partition coefficient (Wildman–Crippen LogP) is 6.82. The average molecular weight is 597 g/mol. The van der Waals surface area contributed by atoms with E-state index in [-0.39, 0.29) is 17.4 Å². The fourth-order valence-electron chi connectivity index (χ4n) is 3.81. The number of anilines is 2. The summed E-state index contributed by atoms with van der Waals surface area (Å²) < 4.78 is 34.0. The number of pyridine rings is 1. The van der Waals surface area contributed by atoms with Crippen LogP contribution in [0.25, 0.3) is 11.2 Å². The number of nitrogens with zero attached hydrogens (tertiary/aromatic N) is 3. The predicted molar refractivity (Wildman–Crippen MR) is 136 cm³/mol. The quantitative estimate of drug-likeness (QED) is 0.193. The summed E-state index contributed by atoms with van der Waals surface area (Å²) in [6.07, 6.45) is -0.579. The van der Waals surface area contributed by atoms with E-state index in [4.69, 9.17) is 16.3 Å². The molecule has 0 radical (unpaired) electrons. The highest BCUT2D eigenvalue weighted by Crippen LogP contribution is 2.39. The standard InChI is InChI=1S/C20H22ClF2IN4OP2/c1-31(2)15-9-12(11-5-7-29-8-6-11)3-4-13(15)25-14-10-16(21)26-19-17(14)27-20(18(22)23)28(19)30-24/h3-4,9-11,18,30H,5-8H2,1-2H3,(H,25,26). The Morgan fingerprint density at radius 2 is 1.97 bits per heavy atom. The Hall–Kier alpha value is -0.660. The summed E-state index contributed by atoms with van der Waals surface area (Å²) in [7, 11) is -0.403. The van der Waals surface area contributed by atoms with Gasteiger partial charge in [0.25, 0.3) is 6.43 Å². The molecule has 3 aromatic rings. The van der Waals surface area contributed by atoms with Crippen molar-refractivity contribution in [2.45, 2.75) is 25.2 Å². The molecule has 1 unspecified atom stereocenters. The fourth-order valence-corrected chi connectivity index (χ4v) is 6.92. The molecule has 0 spiro atoms. The summed E-state index contributed by atoms with van der Waals surface area (Å²) in [6.45, 7) is 6.01. The number of halogens is 4. The van der Waals surface area contributed by atoms with Gasteiger partial charge in [-0.3, -0.25) is 4.34 Å². The Labute approximate surface area is 200 Å². The molecule has 1 aromatic carbocycles. The van der Waals surface area contributed by atoms with Gasteiger partial charge in [-0.25, -0.2) is 18.7 Å². The van der Waals surface area contributed by atoms with E-state index in [1.807, 2.05) is 0 Å². The summed E-state index contributed by atoms with van der Waals surface area (Å²) in [5.41, 5.74) is 3.63. The van der Waals surface area contributed by atoms with E-state index in [1.165, 1.54) is 15.2 Å². The lowest BCUT2D eigenvalue weighted by Crippen LogP contribution is -2.16. The number of benzene rings is 1. The van der Waals surface area contributed by atoms with Crippen molar-refractivity contribution < 1.29 is 13.5 Å². The van der Waals surface area contributed by atoms with Crippen LogP contribution in [0.2, 0.25) is 5.15 Å². The minimum Gasteiger partial charge on any atom is -0.381 e. The molecule has 0 bridgehead atoms. The van der Waals surface area contributed by atoms with Crippen molar-refractivity contribution in [3.05, 3.63) is 40.8 Å². The number of fused-ring (bicyclic) bond motifs is 1. The molecule has 4 rings (SSSR count). The lowest BCUT2D eigenvalue weighted by atomic mass is 9.91. The van der Waals surface area contributed by atoms with Crippen LogP contribution in [0.3, 0.4) is 0 Å². The molecular formula is C20H22ClF2IN4OP2. The summed E-state index contributed by atoms with van der Waals surface area (Å²) in [4.78, 5) is 8.48. The van der Waals surface area contributed by atoms with Crippen LogP contribution < -0.4 is 10.6 Å². The third-order valence-corrected chi connectivity index (χ3v) is 8.94. The number of nitrogens with one attached hydrogen (secondary N) is 1. The Morgan fingerprint density at radius 3 is 2.61 bits per heavy atom. The van der Waals surface area contributed by atoms with E-state index in [9.17, 15) is 8.78 Å². The number of ether oxygens (including phenoxy) is 1. The van der Waals surface area contributed by atoms with Crippen molar-refractivity contribution in [2.75, 3.05) is 31.9 Å². The topological polar surface area (TPSA) is 52.0 Å². The maximum Gasteiger partial charge on any atom is 0.295 e. The molecule has 0 amide bonds. The molecule has 1 N–H and O–H groups in total. The first-order valence-corrected chi connectivity index (χ1v) is 16.5. The Morgan fingerprint density at radius 1 is 1.23 bits per heavy atom. The van der Waals surface area contributed by atoms with E-state index in [0.29, 0.717) is 22.8 Å². The van der Waals surface area contributed by atoms with Gasteiger partial charge in [-0.15, -0.1) is 0 Å². The van der Waals surface area contributed by atoms with Crippen LogP contribution in [-0.4, -0.2) is 40.8 Å². The maximum atomic E-state index is 13.5. The zero-order chi connectivity index (χ0) is 22.1. The molecule has 1 aliphatic heterocycles. The van der Waals surface area contributed by atoms with Gasteiger partial charge in [0.2, 0.25) is 0 Å². The molecule has 0 aliphatic carbocycles. The highest BCUT2D eigenvalue weighted by molar-refractivity contribution is 14.2. The smallest absolute Gasteiger partial charge is 0.295 e. The second-order valence-corrected chi connectivity index (χ2v) is 12.3. The first-order chi connectivity index (χ1) is 14.9. The van der Waals surface area contributed by atoms with Gasteiger partial charge in [0.15, 0.2) is 11.5 Å². The lowest BCUT2D eigenvalue weighted by Gasteiger charge is -2.24. The monoisotopic (exact) mass is 596 g/mol. The molecule has 1 atom stereocenters. The first-order valence-electron chi connectivity index (χ1n) is 9.78. The van der Waals surface area contributed by atoms with E-state index in [1.54, 1.807) is 6.07 Å². The maximum absolute atomic E-state index is 13.5. The van der Waals surface area contributed by atoms with Crippen molar-refractivity contribution >= 4 is 75.8 Å². The Kier molecular flexibility index (Phi) is 7.64. The second-order valence-electron chi connectivity index (χ2n) is 7.54. The summed E-state index contributed by atoms with van der Waals surface area (Å²) in [5, 5.41) is 4.88. The number of alkyl halides is 2. The zero-order valence-electron chi connectivity index (χ0n) is 17.0. The molecule has 1 aliphatic rings. The van der Waals surface area contributed by atoms with Crippen LogP contribution in [0.5, 0.6) is 0 Å². The Balaban J connectivity index is 1.76. The highest BCUT2D eigenvalue weighted by Gasteiger charge is 2.23. The van der Waals surface area contributed by atoms with E-state index >= 15 is 0 Å². The van der Waals surface area contributed by atoms with Crippen molar-refractivity contribution in [3.63, 3.8) is 0 Å². The zero-order valence-corrected chi connectivity index (χ0v) is 21.8. The largest absolute Gasteiger partial charge is 0.381 e. The average Bonchev–Trinajstić information content (AvgIpc) is 3.13. The van der Waals surface area contributed by atoms with Crippen LogP contribution >= 0.6 is 47.9 Å². The number of imidazole rings is 1. The molecule has 31 heavy (non-hydrogen) atoms. The van der Waals surface area contributed by atoms with Crippen LogP contribution in [-0.2, 0) is 4.74 Å². The SMILES string of the molecule is CP(C)c1cc(C2CCOCC2)ccc1Nc1cc(Cl)nc2c1nc(C(F)F)n2PI. The first kappa shape index (κ1) is 23.5. The molecular weight excluding hydrogens is 575 g/mol. The normalized spacial score (nSPS) is 15.7. The van der Waals surface area contributed by atoms with Gasteiger partial charge in [-0.05, 0) is 77.1 Å². The minimum absolute atomic E-state index is 0.0428. The second kappa shape index (κ2) is 10.1. The van der Waals surface area contributed by atoms with Crippen LogP contribution in [0.4, 0.5) is 20.2 Å². The number of hydrogen-bond acceptors (Lipinski definition) is 4. The highest BCUT2D eigenvalue weighted by atomic mass is 127. The lowest BCUT2D eigenvalue weighted by molar-refractivity contribution is 0.0853. The number of hydrogen-bond donors (Lipinski definition) is 1. The van der Waals surface area contributed by atoms with Crippen molar-refractivity contribution in [1.29, 1.82) is 0 Å². The molecule has 2 aromatic heterocycles. The molecule has 0 saturated carbocycles. The van der Waals surface area contributed by atoms with Gasteiger partial charge in [-0.2, -0.15) is 0 Å². The minimum atomic E-state index is -2.68. The number of aromatic nitrogens is 3. The molecule has 3 heterocycles. The van der Waals surface area contributed by atoms with Crippen LogP contribution in [0, 0.1) is 0 Å². The summed E-state index contributed by atoms with van der Waals surface area (Å²) in [6, 6.07) is 8.15. The van der Waals surface area contributed by atoms with Gasteiger partial charge in [0.1, 0.15) is 10.7 Å². The van der Waals surface area contributed by atoms with Gasteiger partial charge in [-0.1, -0.05) is 25.6 Å². The van der Waals surface area contributed by atoms with E-state index in [2.05, 4.69) is 68.9 Å². The van der Waals surface area contributed by atoms with E-state index < -0.39 is 14.3 Å². The van der Waals surface area contributed by atoms with Crippen LogP contribution in [0.1, 0.15) is 36.6 Å². The molecule has 1 saturated heterocycles. The molecule has 166 valence electrons. The molecule has 11 heteroatoms.